The molecule has 1 heterocycles. The molecule has 0 unspecified atom stereocenters. The van der Waals surface area contributed by atoms with Crippen molar-refractivity contribution in [1.29, 1.82) is 0 Å². The predicted octanol–water partition coefficient (Wildman–Crippen LogP) is 2.54. The summed E-state index contributed by atoms with van der Waals surface area (Å²) in [6, 6.07) is 18.3. The molecule has 2 aromatic carbocycles. The van der Waals surface area contributed by atoms with E-state index in [1.54, 1.807) is 7.05 Å². The van der Waals surface area contributed by atoms with Crippen molar-refractivity contribution in [3.05, 3.63) is 54.6 Å². The number of tetrazole rings is 1. The Morgan fingerprint density at radius 1 is 0.833 bits per heavy atom. The van der Waals surface area contributed by atoms with Crippen LogP contribution in [0.1, 0.15) is 0 Å². The number of benzene rings is 2. The van der Waals surface area contributed by atoms with Crippen molar-refractivity contribution in [2.45, 2.75) is 0 Å². The van der Waals surface area contributed by atoms with E-state index in [0.29, 0.717) is 5.82 Å². The topological polar surface area (TPSA) is 43.6 Å². The van der Waals surface area contributed by atoms with E-state index in [1.807, 2.05) is 36.4 Å². The van der Waals surface area contributed by atoms with Gasteiger partial charge >= 0.3 is 0 Å². The van der Waals surface area contributed by atoms with Gasteiger partial charge in [0.1, 0.15) is 0 Å². The molecule has 0 amide bonds. The molecule has 0 radical (unpaired) electrons. The van der Waals surface area contributed by atoms with Crippen molar-refractivity contribution < 1.29 is 0 Å². The number of aryl methyl sites for hydroxylation is 1. The minimum atomic E-state index is 0.650. The third-order valence-electron chi connectivity index (χ3n) is 2.76. The third kappa shape index (κ3) is 1.88. The molecule has 0 aliphatic heterocycles. The van der Waals surface area contributed by atoms with Gasteiger partial charge in [0.2, 0.25) is 5.82 Å². The van der Waals surface area contributed by atoms with Crippen LogP contribution in [-0.2, 0) is 7.05 Å². The largest absolute Gasteiger partial charge is 0.205 e. The zero-order chi connectivity index (χ0) is 12.4. The molecule has 0 spiro atoms. The fourth-order valence-electron chi connectivity index (χ4n) is 1.94. The summed E-state index contributed by atoms with van der Waals surface area (Å²) in [5.74, 6) is 0.650. The van der Waals surface area contributed by atoms with E-state index in [-0.39, 0.29) is 0 Å². The summed E-state index contributed by atoms with van der Waals surface area (Å²) in [6.07, 6.45) is 0. The van der Waals surface area contributed by atoms with Gasteiger partial charge in [-0.05, 0) is 16.3 Å². The number of nitrogens with zero attached hydrogens (tertiary/aromatic N) is 4. The Bertz CT molecular complexity index is 658. The second-order valence-electron chi connectivity index (χ2n) is 4.01. The Hall–Kier alpha value is -2.49. The van der Waals surface area contributed by atoms with Crippen LogP contribution in [0.4, 0.5) is 0 Å². The first-order valence-electron chi connectivity index (χ1n) is 5.73. The Morgan fingerprint density at radius 2 is 1.50 bits per heavy atom. The van der Waals surface area contributed by atoms with Gasteiger partial charge in [0.05, 0.1) is 7.05 Å². The van der Waals surface area contributed by atoms with Gasteiger partial charge in [-0.3, -0.25) is 0 Å². The summed E-state index contributed by atoms with van der Waals surface area (Å²) < 4.78 is 0. The van der Waals surface area contributed by atoms with Crippen molar-refractivity contribution in [2.24, 2.45) is 7.05 Å². The standard InChI is InChI=1S/C14H12N4/c1-18-16-14(15-17-18)13-10-6-5-9-12(13)11-7-3-2-4-8-11/h2-10H,1H3. The van der Waals surface area contributed by atoms with E-state index in [1.165, 1.54) is 4.80 Å². The highest BCUT2D eigenvalue weighted by Gasteiger charge is 2.10. The molecule has 18 heavy (non-hydrogen) atoms. The maximum Gasteiger partial charge on any atom is 0.205 e. The summed E-state index contributed by atoms with van der Waals surface area (Å²) in [5.41, 5.74) is 3.27. The molecule has 0 aliphatic rings. The molecule has 88 valence electrons. The summed E-state index contributed by atoms with van der Waals surface area (Å²) in [7, 11) is 1.77. The molecular weight excluding hydrogens is 224 g/mol. The van der Waals surface area contributed by atoms with Crippen molar-refractivity contribution in [2.75, 3.05) is 0 Å². The SMILES string of the molecule is Cn1nnc(-c2ccccc2-c2ccccc2)n1. The Labute approximate surface area is 105 Å². The second-order valence-corrected chi connectivity index (χ2v) is 4.01. The van der Waals surface area contributed by atoms with Crippen LogP contribution in [-0.4, -0.2) is 20.2 Å². The minimum absolute atomic E-state index is 0.650. The monoisotopic (exact) mass is 236 g/mol. The molecule has 0 aliphatic carbocycles. The minimum Gasteiger partial charge on any atom is -0.167 e. The molecule has 0 saturated carbocycles. The number of aromatic nitrogens is 4. The van der Waals surface area contributed by atoms with Gasteiger partial charge in [-0.15, -0.1) is 10.2 Å². The molecule has 3 aromatic rings. The van der Waals surface area contributed by atoms with Crippen molar-refractivity contribution in [3.8, 4) is 22.5 Å². The molecule has 1 aromatic heterocycles. The molecule has 0 saturated heterocycles. The first-order chi connectivity index (χ1) is 8.84. The molecular formula is C14H12N4. The summed E-state index contributed by atoms with van der Waals surface area (Å²) in [5, 5.41) is 12.2. The number of hydrogen-bond acceptors (Lipinski definition) is 3. The zero-order valence-corrected chi connectivity index (χ0v) is 9.99. The maximum absolute atomic E-state index is 4.26. The second kappa shape index (κ2) is 4.41. The van der Waals surface area contributed by atoms with Gasteiger partial charge < -0.3 is 0 Å². The van der Waals surface area contributed by atoms with Gasteiger partial charge in [0.15, 0.2) is 0 Å². The molecule has 4 nitrogen and oxygen atoms in total. The summed E-state index contributed by atoms with van der Waals surface area (Å²) in [4.78, 5) is 1.47. The van der Waals surface area contributed by atoms with E-state index in [2.05, 4.69) is 33.6 Å². The molecule has 0 bridgehead atoms. The van der Waals surface area contributed by atoms with Crippen molar-refractivity contribution >= 4 is 0 Å². The third-order valence-corrected chi connectivity index (χ3v) is 2.76. The lowest BCUT2D eigenvalue weighted by Gasteiger charge is -2.05. The first kappa shape index (κ1) is 10.7. The van der Waals surface area contributed by atoms with Crippen LogP contribution in [0.3, 0.4) is 0 Å². The van der Waals surface area contributed by atoms with Gasteiger partial charge in [0, 0.05) is 5.56 Å². The van der Waals surface area contributed by atoms with Crippen LogP contribution in [0.5, 0.6) is 0 Å². The molecule has 0 fully saturated rings. The fourth-order valence-corrected chi connectivity index (χ4v) is 1.94. The van der Waals surface area contributed by atoms with Crippen LogP contribution in [0.25, 0.3) is 22.5 Å². The maximum atomic E-state index is 4.26. The highest BCUT2D eigenvalue weighted by Crippen LogP contribution is 2.29. The van der Waals surface area contributed by atoms with Crippen molar-refractivity contribution in [3.63, 3.8) is 0 Å². The van der Waals surface area contributed by atoms with Crippen LogP contribution < -0.4 is 0 Å². The Morgan fingerprint density at radius 3 is 2.17 bits per heavy atom. The average Bonchev–Trinajstić information content (AvgIpc) is 2.86. The van der Waals surface area contributed by atoms with E-state index in [9.17, 15) is 0 Å². The first-order valence-corrected chi connectivity index (χ1v) is 5.73. The highest BCUT2D eigenvalue weighted by molar-refractivity contribution is 5.80. The van der Waals surface area contributed by atoms with Crippen LogP contribution in [0, 0.1) is 0 Å². The number of hydrogen-bond donors (Lipinski definition) is 0. The normalized spacial score (nSPS) is 10.5. The van der Waals surface area contributed by atoms with Crippen molar-refractivity contribution in [1.82, 2.24) is 20.2 Å². The summed E-state index contributed by atoms with van der Waals surface area (Å²) in [6.45, 7) is 0. The predicted molar refractivity (Wildman–Crippen MR) is 69.7 cm³/mol. The van der Waals surface area contributed by atoms with Gasteiger partial charge in [0.25, 0.3) is 0 Å². The highest BCUT2D eigenvalue weighted by atomic mass is 15.6. The van der Waals surface area contributed by atoms with Gasteiger partial charge in [-0.2, -0.15) is 4.80 Å². The summed E-state index contributed by atoms with van der Waals surface area (Å²) >= 11 is 0. The van der Waals surface area contributed by atoms with Crippen LogP contribution in [0.15, 0.2) is 54.6 Å². The van der Waals surface area contributed by atoms with E-state index in [4.69, 9.17) is 0 Å². The van der Waals surface area contributed by atoms with E-state index < -0.39 is 0 Å². The van der Waals surface area contributed by atoms with Gasteiger partial charge in [-0.1, -0.05) is 54.6 Å². The van der Waals surface area contributed by atoms with E-state index in [0.717, 1.165) is 16.7 Å². The molecule has 0 N–H and O–H groups in total. The Kier molecular flexibility index (Phi) is 2.61. The molecule has 4 heteroatoms. The lowest BCUT2D eigenvalue weighted by molar-refractivity contribution is 0.630. The van der Waals surface area contributed by atoms with Crippen LogP contribution in [0.2, 0.25) is 0 Å². The number of rotatable bonds is 2. The fraction of sp³-hybridized carbons (Fsp3) is 0.0714. The lowest BCUT2D eigenvalue weighted by Crippen LogP contribution is -1.92. The molecule has 3 rings (SSSR count). The molecule has 0 atom stereocenters. The van der Waals surface area contributed by atoms with Crippen LogP contribution >= 0.6 is 0 Å². The smallest absolute Gasteiger partial charge is 0.167 e. The zero-order valence-electron chi connectivity index (χ0n) is 9.99. The van der Waals surface area contributed by atoms with E-state index >= 15 is 0 Å². The van der Waals surface area contributed by atoms with Gasteiger partial charge in [-0.25, -0.2) is 0 Å². The average molecular weight is 236 g/mol. The quantitative estimate of drug-likeness (QED) is 0.686. The lowest BCUT2D eigenvalue weighted by atomic mass is 9.99. The Balaban J connectivity index is 2.17.